The Balaban J connectivity index is 2.13. The number of rotatable bonds is 2. The lowest BCUT2D eigenvalue weighted by atomic mass is 10.1. The fourth-order valence-electron chi connectivity index (χ4n) is 2.67. The molecule has 1 atom stereocenters. The number of benzene rings is 1. The molecule has 1 aliphatic rings. The topological polar surface area (TPSA) is 64.4 Å². The molecule has 0 saturated carbocycles. The summed E-state index contributed by atoms with van der Waals surface area (Å²) in [6.07, 6.45) is -0.782. The molecule has 0 saturated heterocycles. The van der Waals surface area contributed by atoms with Crippen LogP contribution in [-0.2, 0) is 18.0 Å². The maximum atomic E-state index is 13.5. The van der Waals surface area contributed by atoms with E-state index < -0.39 is 41.0 Å². The van der Waals surface area contributed by atoms with Gasteiger partial charge in [0.2, 0.25) is 6.10 Å². The second kappa shape index (κ2) is 6.42. The van der Waals surface area contributed by atoms with Gasteiger partial charge in [0.15, 0.2) is 5.69 Å². The molecule has 140 valence electrons. The first kappa shape index (κ1) is 18.4. The molecule has 2 aromatic rings. The summed E-state index contributed by atoms with van der Waals surface area (Å²) in [7, 11) is 0.899. The number of nitrogens with zero attached hydrogens (tertiary/aromatic N) is 3. The molecule has 0 spiro atoms. The fourth-order valence-corrected chi connectivity index (χ4v) is 2.67. The molecule has 2 heterocycles. The van der Waals surface area contributed by atoms with Crippen LogP contribution in [0.1, 0.15) is 17.5 Å². The number of hydrogen-bond donors (Lipinski definition) is 0. The minimum absolute atomic E-state index is 0.0846. The lowest BCUT2D eigenvalue weighted by Gasteiger charge is -2.32. The van der Waals surface area contributed by atoms with E-state index in [0.717, 1.165) is 24.1 Å². The van der Waals surface area contributed by atoms with Crippen LogP contribution in [0.3, 0.4) is 0 Å². The van der Waals surface area contributed by atoms with E-state index in [9.17, 15) is 27.2 Å². The lowest BCUT2D eigenvalue weighted by molar-refractivity contribution is -0.144. The number of anilines is 1. The van der Waals surface area contributed by atoms with Crippen LogP contribution in [0.25, 0.3) is 0 Å². The molecule has 0 N–H and O–H groups in total. The molecule has 0 aliphatic carbocycles. The number of fused-ring (bicyclic) bond motifs is 1. The van der Waals surface area contributed by atoms with Crippen LogP contribution in [0, 0.1) is 18.2 Å². The minimum Gasteiger partial charge on any atom is -0.472 e. The second-order valence-corrected chi connectivity index (χ2v) is 5.63. The highest BCUT2D eigenvalue weighted by Gasteiger charge is 2.40. The highest BCUT2D eigenvalue weighted by molar-refractivity contribution is 6.00. The molecule has 0 fully saturated rings. The molecule has 1 aliphatic heterocycles. The quantitative estimate of drug-likeness (QED) is 0.590. The van der Waals surface area contributed by atoms with Gasteiger partial charge in [-0.05, 0) is 12.1 Å². The second-order valence-electron chi connectivity index (χ2n) is 5.63. The molecule has 0 radical (unpaired) electrons. The van der Waals surface area contributed by atoms with Crippen LogP contribution in [0.2, 0.25) is 0 Å². The van der Waals surface area contributed by atoms with Crippen LogP contribution in [0.4, 0.5) is 23.2 Å². The summed E-state index contributed by atoms with van der Waals surface area (Å²) < 4.78 is 58.0. The number of aromatic nitrogens is 2. The zero-order chi connectivity index (χ0) is 19.9. The Hall–Kier alpha value is -3.35. The highest BCUT2D eigenvalue weighted by Crippen LogP contribution is 2.38. The van der Waals surface area contributed by atoms with Gasteiger partial charge in [-0.1, -0.05) is 5.92 Å². The predicted molar refractivity (Wildman–Crippen MR) is 85.4 cm³/mol. The van der Waals surface area contributed by atoms with Crippen LogP contribution in [0.5, 0.6) is 5.75 Å². The molecular formula is C17H11F4N3O3. The standard InChI is InChI=1S/C17H11F4N3O3/c1-3-6-24-10-5-4-9(18)7-11(10)27-14(16(24)26)13-15(25)23(2)12(8-22-13)17(19,20)21/h1,4-5,7-8,14H,6H2,2H3/t14-/m1/s1. The lowest BCUT2D eigenvalue weighted by Crippen LogP contribution is -2.44. The van der Waals surface area contributed by atoms with Gasteiger partial charge in [-0.15, -0.1) is 6.42 Å². The molecule has 1 amide bonds. The molecule has 10 heteroatoms. The van der Waals surface area contributed by atoms with E-state index in [2.05, 4.69) is 10.9 Å². The van der Waals surface area contributed by atoms with E-state index in [1.807, 2.05) is 0 Å². The first-order valence-electron chi connectivity index (χ1n) is 7.49. The highest BCUT2D eigenvalue weighted by atomic mass is 19.4. The Morgan fingerprint density at radius 3 is 2.67 bits per heavy atom. The molecule has 27 heavy (non-hydrogen) atoms. The minimum atomic E-state index is -4.80. The molecule has 0 unspecified atom stereocenters. The molecule has 6 nitrogen and oxygen atoms in total. The normalized spacial score (nSPS) is 16.5. The van der Waals surface area contributed by atoms with E-state index in [1.165, 1.54) is 6.07 Å². The Labute approximate surface area is 150 Å². The van der Waals surface area contributed by atoms with Gasteiger partial charge in [0.05, 0.1) is 18.4 Å². The monoisotopic (exact) mass is 381 g/mol. The maximum Gasteiger partial charge on any atom is 0.433 e. The van der Waals surface area contributed by atoms with Crippen molar-refractivity contribution < 1.29 is 27.1 Å². The zero-order valence-electron chi connectivity index (χ0n) is 13.7. The smallest absolute Gasteiger partial charge is 0.433 e. The van der Waals surface area contributed by atoms with Gasteiger partial charge in [0, 0.05) is 13.1 Å². The number of halogens is 4. The first-order valence-corrected chi connectivity index (χ1v) is 7.49. The van der Waals surface area contributed by atoms with Crippen LogP contribution < -0.4 is 15.2 Å². The summed E-state index contributed by atoms with van der Waals surface area (Å²) in [5.41, 5.74) is -2.83. The Bertz CT molecular complexity index is 1020. The summed E-state index contributed by atoms with van der Waals surface area (Å²) in [6.45, 7) is -0.210. The van der Waals surface area contributed by atoms with Gasteiger partial charge >= 0.3 is 6.18 Å². The van der Waals surface area contributed by atoms with E-state index in [4.69, 9.17) is 11.2 Å². The number of ether oxygens (including phenoxy) is 1. The average Bonchev–Trinajstić information content (AvgIpc) is 2.58. The van der Waals surface area contributed by atoms with Crippen molar-refractivity contribution in [3.05, 3.63) is 52.0 Å². The van der Waals surface area contributed by atoms with Crippen molar-refractivity contribution in [1.82, 2.24) is 9.55 Å². The van der Waals surface area contributed by atoms with Crippen molar-refractivity contribution in [2.45, 2.75) is 12.3 Å². The summed E-state index contributed by atoms with van der Waals surface area (Å²) in [6, 6.07) is 3.34. The van der Waals surface area contributed by atoms with E-state index in [-0.39, 0.29) is 18.0 Å². The van der Waals surface area contributed by atoms with Crippen molar-refractivity contribution in [2.75, 3.05) is 11.4 Å². The van der Waals surface area contributed by atoms with Crippen molar-refractivity contribution >= 4 is 11.6 Å². The number of hydrogen-bond acceptors (Lipinski definition) is 4. The third-order valence-electron chi connectivity index (χ3n) is 3.95. The van der Waals surface area contributed by atoms with Gasteiger partial charge in [-0.3, -0.25) is 14.5 Å². The summed E-state index contributed by atoms with van der Waals surface area (Å²) in [5.74, 6) is 0.703. The van der Waals surface area contributed by atoms with Gasteiger partial charge < -0.3 is 9.30 Å². The Morgan fingerprint density at radius 1 is 1.33 bits per heavy atom. The van der Waals surface area contributed by atoms with Gasteiger partial charge in [0.1, 0.15) is 17.3 Å². The van der Waals surface area contributed by atoms with E-state index in [0.29, 0.717) is 10.8 Å². The number of amides is 1. The van der Waals surface area contributed by atoms with Gasteiger partial charge in [-0.2, -0.15) is 13.2 Å². The van der Waals surface area contributed by atoms with Crippen LogP contribution in [0.15, 0.2) is 29.2 Å². The number of carbonyl (C=O) groups is 1. The van der Waals surface area contributed by atoms with Crippen molar-refractivity contribution in [3.8, 4) is 18.1 Å². The number of alkyl halides is 3. The van der Waals surface area contributed by atoms with Gasteiger partial charge in [-0.25, -0.2) is 9.37 Å². The van der Waals surface area contributed by atoms with Crippen molar-refractivity contribution in [3.63, 3.8) is 0 Å². The Morgan fingerprint density at radius 2 is 2.04 bits per heavy atom. The Kier molecular flexibility index (Phi) is 4.39. The fraction of sp³-hybridized carbons (Fsp3) is 0.235. The number of terminal acetylenes is 1. The molecule has 1 aromatic carbocycles. The van der Waals surface area contributed by atoms with Crippen LogP contribution >= 0.6 is 0 Å². The number of carbonyl (C=O) groups excluding carboxylic acids is 1. The largest absolute Gasteiger partial charge is 0.472 e. The predicted octanol–water partition coefficient (Wildman–Crippen LogP) is 2.04. The summed E-state index contributed by atoms with van der Waals surface area (Å²) in [5, 5.41) is 0. The van der Waals surface area contributed by atoms with E-state index >= 15 is 0 Å². The molecule has 3 rings (SSSR count). The summed E-state index contributed by atoms with van der Waals surface area (Å²) in [4.78, 5) is 29.6. The zero-order valence-corrected chi connectivity index (χ0v) is 13.7. The van der Waals surface area contributed by atoms with Crippen LogP contribution in [-0.4, -0.2) is 22.0 Å². The average molecular weight is 381 g/mol. The van der Waals surface area contributed by atoms with Crippen molar-refractivity contribution in [1.29, 1.82) is 0 Å². The van der Waals surface area contributed by atoms with Gasteiger partial charge in [0.25, 0.3) is 11.5 Å². The third-order valence-corrected chi connectivity index (χ3v) is 3.95. The molecule has 1 aromatic heterocycles. The third kappa shape index (κ3) is 3.12. The summed E-state index contributed by atoms with van der Waals surface area (Å²) >= 11 is 0. The van der Waals surface area contributed by atoms with E-state index in [1.54, 1.807) is 0 Å². The maximum absolute atomic E-state index is 13.5. The van der Waals surface area contributed by atoms with Crippen molar-refractivity contribution in [2.24, 2.45) is 7.05 Å². The SMILES string of the molecule is C#CCN1C(=O)[C@@H](c2ncc(C(F)(F)F)n(C)c2=O)Oc2cc(F)ccc21. The molecular weight excluding hydrogens is 370 g/mol. The first-order chi connectivity index (χ1) is 12.6. The molecule has 0 bridgehead atoms.